The fourth-order valence-corrected chi connectivity index (χ4v) is 2.53. The van der Waals surface area contributed by atoms with Crippen LogP contribution in [0.25, 0.3) is 0 Å². The van der Waals surface area contributed by atoms with Gasteiger partial charge in [0.15, 0.2) is 0 Å². The molecule has 0 saturated carbocycles. The molecule has 0 saturated heterocycles. The molecule has 0 radical (unpaired) electrons. The molecule has 2 nitrogen and oxygen atoms in total. The van der Waals surface area contributed by atoms with E-state index in [0.29, 0.717) is 6.54 Å². The maximum atomic E-state index is 10.1. The molecular formula is C18H22BrNO. The van der Waals surface area contributed by atoms with Crippen LogP contribution in [-0.2, 0) is 6.42 Å². The van der Waals surface area contributed by atoms with Gasteiger partial charge < -0.3 is 10.4 Å². The van der Waals surface area contributed by atoms with Crippen molar-refractivity contribution in [2.24, 2.45) is 0 Å². The number of aryl methyl sites for hydroxylation is 1. The monoisotopic (exact) mass is 347 g/mol. The second-order valence-electron chi connectivity index (χ2n) is 5.21. The molecule has 0 aromatic heterocycles. The highest BCUT2D eigenvalue weighted by Gasteiger charge is 2.06. The minimum Gasteiger partial charge on any atom is -0.387 e. The van der Waals surface area contributed by atoms with Crippen molar-refractivity contribution in [1.82, 2.24) is 5.32 Å². The van der Waals surface area contributed by atoms with E-state index in [0.717, 1.165) is 29.4 Å². The number of benzene rings is 2. The van der Waals surface area contributed by atoms with Crippen LogP contribution in [0.2, 0.25) is 0 Å². The van der Waals surface area contributed by atoms with Gasteiger partial charge in [0.1, 0.15) is 0 Å². The maximum Gasteiger partial charge on any atom is 0.0914 e. The fraction of sp³-hybridized carbons (Fsp3) is 0.333. The molecule has 0 aliphatic heterocycles. The lowest BCUT2D eigenvalue weighted by Gasteiger charge is -2.12. The fourth-order valence-electron chi connectivity index (χ4n) is 2.27. The molecule has 3 heteroatoms. The SMILES string of the molecule is OC(CNCCCCc1ccccc1)c1ccc(Br)cc1. The molecule has 2 aromatic rings. The van der Waals surface area contributed by atoms with Crippen LogP contribution in [0.5, 0.6) is 0 Å². The van der Waals surface area contributed by atoms with E-state index in [4.69, 9.17) is 0 Å². The Kier molecular flexibility index (Phi) is 6.93. The molecule has 0 spiro atoms. The largest absolute Gasteiger partial charge is 0.387 e. The quantitative estimate of drug-likeness (QED) is 0.704. The predicted molar refractivity (Wildman–Crippen MR) is 91.4 cm³/mol. The molecule has 2 N–H and O–H groups in total. The Morgan fingerprint density at radius 2 is 1.67 bits per heavy atom. The van der Waals surface area contributed by atoms with Crippen LogP contribution in [0.3, 0.4) is 0 Å². The summed E-state index contributed by atoms with van der Waals surface area (Å²) in [6.45, 7) is 1.55. The standard InChI is InChI=1S/C18H22BrNO/c19-17-11-9-16(10-12-17)18(21)14-20-13-5-4-8-15-6-2-1-3-7-15/h1-3,6-7,9-12,18,20-21H,4-5,8,13-14H2. The molecule has 0 aliphatic carbocycles. The van der Waals surface area contributed by atoms with Gasteiger partial charge in [-0.25, -0.2) is 0 Å². The number of hydrogen-bond acceptors (Lipinski definition) is 2. The lowest BCUT2D eigenvalue weighted by Crippen LogP contribution is -2.22. The molecule has 0 fully saturated rings. The third kappa shape index (κ3) is 6.00. The lowest BCUT2D eigenvalue weighted by atomic mass is 10.1. The molecule has 1 unspecified atom stereocenters. The van der Waals surface area contributed by atoms with Crippen LogP contribution in [0.1, 0.15) is 30.1 Å². The summed E-state index contributed by atoms with van der Waals surface area (Å²) in [6, 6.07) is 18.4. The zero-order chi connectivity index (χ0) is 14.9. The third-order valence-electron chi connectivity index (χ3n) is 3.50. The zero-order valence-electron chi connectivity index (χ0n) is 12.1. The van der Waals surface area contributed by atoms with Crippen molar-refractivity contribution in [1.29, 1.82) is 0 Å². The van der Waals surface area contributed by atoms with Crippen LogP contribution < -0.4 is 5.32 Å². The average molecular weight is 348 g/mol. The van der Waals surface area contributed by atoms with Crippen molar-refractivity contribution in [3.63, 3.8) is 0 Å². The number of aliphatic hydroxyl groups is 1. The summed E-state index contributed by atoms with van der Waals surface area (Å²) in [5, 5.41) is 13.4. The first-order chi connectivity index (χ1) is 10.3. The van der Waals surface area contributed by atoms with Crippen LogP contribution in [-0.4, -0.2) is 18.2 Å². The zero-order valence-corrected chi connectivity index (χ0v) is 13.7. The Labute approximate surface area is 135 Å². The van der Waals surface area contributed by atoms with E-state index in [1.54, 1.807) is 0 Å². The first kappa shape index (κ1) is 16.2. The van der Waals surface area contributed by atoms with Crippen molar-refractivity contribution >= 4 is 15.9 Å². The van der Waals surface area contributed by atoms with E-state index in [2.05, 4.69) is 51.6 Å². The topological polar surface area (TPSA) is 32.3 Å². The van der Waals surface area contributed by atoms with Gasteiger partial charge in [-0.1, -0.05) is 58.4 Å². The van der Waals surface area contributed by atoms with Gasteiger partial charge in [-0.3, -0.25) is 0 Å². The van der Waals surface area contributed by atoms with Crippen LogP contribution in [0.4, 0.5) is 0 Å². The summed E-state index contributed by atoms with van der Waals surface area (Å²) < 4.78 is 1.03. The number of rotatable bonds is 8. The summed E-state index contributed by atoms with van der Waals surface area (Å²) in [5.74, 6) is 0. The van der Waals surface area contributed by atoms with Crippen molar-refractivity contribution in [3.05, 3.63) is 70.2 Å². The van der Waals surface area contributed by atoms with Crippen LogP contribution in [0.15, 0.2) is 59.1 Å². The molecule has 0 amide bonds. The number of aliphatic hydroxyl groups excluding tert-OH is 1. The molecule has 2 rings (SSSR count). The highest BCUT2D eigenvalue weighted by Crippen LogP contribution is 2.16. The van der Waals surface area contributed by atoms with Crippen molar-refractivity contribution in [2.75, 3.05) is 13.1 Å². The van der Waals surface area contributed by atoms with Crippen LogP contribution in [0, 0.1) is 0 Å². The first-order valence-electron chi connectivity index (χ1n) is 7.44. The van der Waals surface area contributed by atoms with E-state index in [1.807, 2.05) is 24.3 Å². The van der Waals surface area contributed by atoms with E-state index in [1.165, 1.54) is 12.0 Å². The number of unbranched alkanes of at least 4 members (excludes halogenated alkanes) is 1. The van der Waals surface area contributed by atoms with Gasteiger partial charge in [0.05, 0.1) is 6.10 Å². The Morgan fingerprint density at radius 1 is 0.952 bits per heavy atom. The Hall–Kier alpha value is -1.16. The van der Waals surface area contributed by atoms with E-state index < -0.39 is 6.10 Å². The molecular weight excluding hydrogens is 326 g/mol. The second-order valence-corrected chi connectivity index (χ2v) is 6.13. The van der Waals surface area contributed by atoms with Gasteiger partial charge in [0.25, 0.3) is 0 Å². The number of hydrogen-bond donors (Lipinski definition) is 2. The number of halogens is 1. The van der Waals surface area contributed by atoms with Gasteiger partial charge >= 0.3 is 0 Å². The lowest BCUT2D eigenvalue weighted by molar-refractivity contribution is 0.174. The van der Waals surface area contributed by atoms with Crippen molar-refractivity contribution in [3.8, 4) is 0 Å². The molecule has 2 aromatic carbocycles. The highest BCUT2D eigenvalue weighted by atomic mass is 79.9. The minimum atomic E-state index is -0.438. The predicted octanol–water partition coefficient (Wildman–Crippen LogP) is 4.10. The van der Waals surface area contributed by atoms with Gasteiger partial charge in [-0.15, -0.1) is 0 Å². The van der Waals surface area contributed by atoms with Crippen LogP contribution >= 0.6 is 15.9 Å². The van der Waals surface area contributed by atoms with E-state index >= 15 is 0 Å². The van der Waals surface area contributed by atoms with Crippen molar-refractivity contribution < 1.29 is 5.11 Å². The van der Waals surface area contributed by atoms with Gasteiger partial charge in [-0.2, -0.15) is 0 Å². The first-order valence-corrected chi connectivity index (χ1v) is 8.23. The molecule has 21 heavy (non-hydrogen) atoms. The highest BCUT2D eigenvalue weighted by molar-refractivity contribution is 9.10. The Balaban J connectivity index is 1.58. The summed E-state index contributed by atoms with van der Waals surface area (Å²) >= 11 is 3.40. The molecule has 1 atom stereocenters. The van der Waals surface area contributed by atoms with Gasteiger partial charge in [0, 0.05) is 11.0 Å². The van der Waals surface area contributed by atoms with Gasteiger partial charge in [-0.05, 0) is 49.1 Å². The molecule has 0 bridgehead atoms. The molecule has 112 valence electrons. The minimum absolute atomic E-state index is 0.438. The van der Waals surface area contributed by atoms with Gasteiger partial charge in [0.2, 0.25) is 0 Å². The summed E-state index contributed by atoms with van der Waals surface area (Å²) in [4.78, 5) is 0. The number of nitrogens with one attached hydrogen (secondary N) is 1. The molecule has 0 heterocycles. The maximum absolute atomic E-state index is 10.1. The van der Waals surface area contributed by atoms with E-state index in [9.17, 15) is 5.11 Å². The Bertz CT molecular complexity index is 513. The Morgan fingerprint density at radius 3 is 2.38 bits per heavy atom. The normalized spacial score (nSPS) is 12.3. The summed E-state index contributed by atoms with van der Waals surface area (Å²) in [7, 11) is 0. The average Bonchev–Trinajstić information content (AvgIpc) is 2.52. The third-order valence-corrected chi connectivity index (χ3v) is 4.03. The summed E-state index contributed by atoms with van der Waals surface area (Å²) in [6.07, 6.45) is 2.98. The van der Waals surface area contributed by atoms with Crippen molar-refractivity contribution in [2.45, 2.75) is 25.4 Å². The summed E-state index contributed by atoms with van der Waals surface area (Å²) in [5.41, 5.74) is 2.35. The smallest absolute Gasteiger partial charge is 0.0914 e. The second kappa shape index (κ2) is 8.98. The molecule has 0 aliphatic rings. The van der Waals surface area contributed by atoms with E-state index in [-0.39, 0.29) is 0 Å².